The molecule has 0 saturated carbocycles. The number of rotatable bonds is 8. The van der Waals surface area contributed by atoms with Crippen molar-refractivity contribution in [3.63, 3.8) is 0 Å². The monoisotopic (exact) mass is 635 g/mol. The highest BCUT2D eigenvalue weighted by atomic mass is 32.1. The Morgan fingerprint density at radius 3 is 2.48 bits per heavy atom. The van der Waals surface area contributed by atoms with E-state index in [2.05, 4.69) is 54.8 Å². The van der Waals surface area contributed by atoms with E-state index in [0.29, 0.717) is 37.7 Å². The minimum atomic E-state index is -0.760. The fourth-order valence-corrected chi connectivity index (χ4v) is 7.14. The molecule has 0 fully saturated rings. The fourth-order valence-electron chi connectivity index (χ4n) is 6.10. The van der Waals surface area contributed by atoms with Gasteiger partial charge in [0, 0.05) is 17.1 Å². The van der Waals surface area contributed by atoms with Gasteiger partial charge in [-0.2, -0.15) is 0 Å². The van der Waals surface area contributed by atoms with Crippen molar-refractivity contribution >= 4 is 34.2 Å². The third-order valence-corrected chi connectivity index (χ3v) is 9.11. The highest BCUT2D eigenvalue weighted by Gasteiger charge is 2.34. The molecule has 236 valence electrons. The van der Waals surface area contributed by atoms with Gasteiger partial charge in [0.25, 0.3) is 5.56 Å². The lowest BCUT2D eigenvalue weighted by Crippen LogP contribution is -2.40. The summed E-state index contributed by atoms with van der Waals surface area (Å²) in [6.45, 7) is 11.7. The summed E-state index contributed by atoms with van der Waals surface area (Å²) >= 11 is 1.31. The van der Waals surface area contributed by atoms with Gasteiger partial charge in [-0.15, -0.1) is 0 Å². The molecule has 3 aromatic carbocycles. The summed E-state index contributed by atoms with van der Waals surface area (Å²) in [5.41, 5.74) is 5.34. The minimum Gasteiger partial charge on any atom is -0.493 e. The summed E-state index contributed by atoms with van der Waals surface area (Å²) < 4.78 is 21.4. The van der Waals surface area contributed by atoms with E-state index in [1.807, 2.05) is 50.3 Å². The molecule has 0 saturated heterocycles. The summed E-state index contributed by atoms with van der Waals surface area (Å²) in [6.07, 6.45) is 1.86. The average molecular weight is 636 g/mol. The molecule has 0 amide bonds. The van der Waals surface area contributed by atoms with Crippen LogP contribution in [0.3, 0.4) is 0 Å². The van der Waals surface area contributed by atoms with Crippen molar-refractivity contribution in [2.24, 2.45) is 4.99 Å². The van der Waals surface area contributed by atoms with Gasteiger partial charge in [0.15, 0.2) is 16.3 Å². The van der Waals surface area contributed by atoms with Crippen molar-refractivity contribution in [1.82, 2.24) is 9.13 Å². The molecule has 5 aromatic rings. The first-order valence-electron chi connectivity index (χ1n) is 15.3. The average Bonchev–Trinajstić information content (AvgIpc) is 3.49. The maximum atomic E-state index is 14.3. The van der Waals surface area contributed by atoms with Crippen molar-refractivity contribution in [2.45, 2.75) is 53.7 Å². The number of methoxy groups -OCH3 is 1. The molecule has 0 spiro atoms. The van der Waals surface area contributed by atoms with Crippen molar-refractivity contribution in [1.29, 1.82) is 0 Å². The number of aromatic nitrogens is 2. The normalized spacial score (nSPS) is 14.9. The van der Waals surface area contributed by atoms with Gasteiger partial charge in [-0.05, 0) is 99.8 Å². The number of carbonyl (C=O) groups is 1. The van der Waals surface area contributed by atoms with Crippen LogP contribution >= 0.6 is 11.3 Å². The number of fused-ring (bicyclic) bond motifs is 2. The number of thiazole rings is 1. The smallest absolute Gasteiger partial charge is 0.338 e. The third-order valence-electron chi connectivity index (χ3n) is 8.13. The summed E-state index contributed by atoms with van der Waals surface area (Å²) in [5, 5.41) is 2.34. The first-order chi connectivity index (χ1) is 22.1. The number of ether oxygens (including phenoxy) is 3. The molecule has 2 aromatic heterocycles. The number of esters is 1. The van der Waals surface area contributed by atoms with Crippen LogP contribution in [0.5, 0.6) is 11.5 Å². The second-order valence-corrected chi connectivity index (χ2v) is 12.6. The van der Waals surface area contributed by atoms with Gasteiger partial charge < -0.3 is 18.8 Å². The standard InChI is InChI=1S/C37H37N3O5S/c1-8-44-36(42)33-23(5)38-37-40(34(33)27-14-16-30(45-21(2)3)31(19-27)43-7)35(41)32(46-37)20-28-17-22(4)39(24(28)6)29-15-13-25-11-9-10-12-26(25)18-29/h9-21,34H,8H2,1-7H3/b32-20-/t34-/m1/s1. The van der Waals surface area contributed by atoms with Gasteiger partial charge in [0.05, 0.1) is 41.7 Å². The quantitative estimate of drug-likeness (QED) is 0.191. The molecule has 0 radical (unpaired) electrons. The maximum Gasteiger partial charge on any atom is 0.338 e. The topological polar surface area (TPSA) is 84.1 Å². The Labute approximate surface area is 271 Å². The summed E-state index contributed by atoms with van der Waals surface area (Å²) in [6, 6.07) is 21.5. The van der Waals surface area contributed by atoms with Gasteiger partial charge >= 0.3 is 5.97 Å². The Kier molecular flexibility index (Phi) is 8.44. The Hall–Kier alpha value is -4.89. The summed E-state index contributed by atoms with van der Waals surface area (Å²) in [4.78, 5) is 32.9. The maximum absolute atomic E-state index is 14.3. The molecule has 0 bridgehead atoms. The second kappa shape index (κ2) is 12.5. The fraction of sp³-hybridized carbons (Fsp3) is 0.270. The molecule has 0 unspecified atom stereocenters. The number of allylic oxidation sites excluding steroid dienone is 1. The Balaban J connectivity index is 1.50. The van der Waals surface area contributed by atoms with Gasteiger partial charge in [0.2, 0.25) is 0 Å². The molecule has 3 heterocycles. The number of carbonyl (C=O) groups excluding carboxylic acids is 1. The van der Waals surface area contributed by atoms with Gasteiger partial charge in [0.1, 0.15) is 0 Å². The number of hydrogen-bond donors (Lipinski definition) is 0. The van der Waals surface area contributed by atoms with Crippen LogP contribution in [0, 0.1) is 13.8 Å². The van der Waals surface area contributed by atoms with Crippen molar-refractivity contribution in [2.75, 3.05) is 13.7 Å². The molecule has 8 nitrogen and oxygen atoms in total. The highest BCUT2D eigenvalue weighted by molar-refractivity contribution is 7.07. The first kappa shape index (κ1) is 31.1. The lowest BCUT2D eigenvalue weighted by Gasteiger charge is -2.25. The Morgan fingerprint density at radius 2 is 1.76 bits per heavy atom. The van der Waals surface area contributed by atoms with E-state index in [1.54, 1.807) is 25.5 Å². The molecule has 9 heteroatoms. The number of hydrogen-bond acceptors (Lipinski definition) is 7. The van der Waals surface area contributed by atoms with Crippen LogP contribution in [0.25, 0.3) is 22.5 Å². The molecule has 1 atom stereocenters. The Bertz CT molecular complexity index is 2200. The predicted octanol–water partition coefficient (Wildman–Crippen LogP) is 6.15. The number of aryl methyl sites for hydroxylation is 1. The van der Waals surface area contributed by atoms with Crippen LogP contribution in [0.15, 0.2) is 87.8 Å². The van der Waals surface area contributed by atoms with Crippen molar-refractivity contribution < 1.29 is 19.0 Å². The van der Waals surface area contributed by atoms with Crippen molar-refractivity contribution in [3.8, 4) is 17.2 Å². The lowest BCUT2D eigenvalue weighted by molar-refractivity contribution is -0.139. The van der Waals surface area contributed by atoms with E-state index in [0.717, 1.165) is 28.0 Å². The molecule has 0 N–H and O–H groups in total. The molecule has 1 aliphatic rings. The number of nitrogens with zero attached hydrogens (tertiary/aromatic N) is 3. The van der Waals surface area contributed by atoms with Gasteiger partial charge in [-0.1, -0.05) is 47.7 Å². The second-order valence-electron chi connectivity index (χ2n) is 11.6. The predicted molar refractivity (Wildman–Crippen MR) is 182 cm³/mol. The van der Waals surface area contributed by atoms with Crippen LogP contribution in [-0.4, -0.2) is 34.9 Å². The number of benzene rings is 3. The molecule has 0 aliphatic carbocycles. The van der Waals surface area contributed by atoms with Crippen LogP contribution in [0.1, 0.15) is 56.3 Å². The minimum absolute atomic E-state index is 0.0575. The molecular weight excluding hydrogens is 598 g/mol. The van der Waals surface area contributed by atoms with E-state index < -0.39 is 12.0 Å². The van der Waals surface area contributed by atoms with E-state index in [1.165, 1.54) is 16.7 Å². The van der Waals surface area contributed by atoms with Crippen LogP contribution in [-0.2, 0) is 9.53 Å². The van der Waals surface area contributed by atoms with Gasteiger partial charge in [-0.3, -0.25) is 9.36 Å². The molecule has 6 rings (SSSR count). The lowest BCUT2D eigenvalue weighted by atomic mass is 9.95. The van der Waals surface area contributed by atoms with E-state index in [4.69, 9.17) is 19.2 Å². The van der Waals surface area contributed by atoms with Gasteiger partial charge in [-0.25, -0.2) is 9.79 Å². The zero-order chi connectivity index (χ0) is 32.7. The molecule has 1 aliphatic heterocycles. The van der Waals surface area contributed by atoms with E-state index in [9.17, 15) is 9.59 Å². The Morgan fingerprint density at radius 1 is 1.00 bits per heavy atom. The highest BCUT2D eigenvalue weighted by Crippen LogP contribution is 2.36. The zero-order valence-corrected chi connectivity index (χ0v) is 27.9. The van der Waals surface area contributed by atoms with Crippen LogP contribution < -0.4 is 24.4 Å². The third kappa shape index (κ3) is 5.56. The molecule has 46 heavy (non-hydrogen) atoms. The van der Waals surface area contributed by atoms with E-state index >= 15 is 0 Å². The van der Waals surface area contributed by atoms with Crippen LogP contribution in [0.4, 0.5) is 0 Å². The summed E-state index contributed by atoms with van der Waals surface area (Å²) in [7, 11) is 1.57. The SMILES string of the molecule is CCOC(=O)C1=C(C)N=c2s/c(=C\c3cc(C)n(-c4ccc5ccccc5c4)c3C)c(=O)n2[C@@H]1c1ccc(OC(C)C)c(OC)c1. The van der Waals surface area contributed by atoms with Crippen LogP contribution in [0.2, 0.25) is 0 Å². The summed E-state index contributed by atoms with van der Waals surface area (Å²) in [5.74, 6) is 0.574. The van der Waals surface area contributed by atoms with E-state index in [-0.39, 0.29) is 18.3 Å². The largest absolute Gasteiger partial charge is 0.493 e. The van der Waals surface area contributed by atoms with Crippen molar-refractivity contribution in [3.05, 3.63) is 120 Å². The first-order valence-corrected chi connectivity index (χ1v) is 16.1. The molecular formula is C37H37N3O5S. The zero-order valence-electron chi connectivity index (χ0n) is 27.1.